The summed E-state index contributed by atoms with van der Waals surface area (Å²) < 4.78 is 11.8. The summed E-state index contributed by atoms with van der Waals surface area (Å²) in [6.07, 6.45) is 2.41. The van der Waals surface area contributed by atoms with Gasteiger partial charge in [-0.1, -0.05) is 6.92 Å². The minimum atomic E-state index is 0.0337. The molecule has 1 aliphatic rings. The molecule has 1 aromatic heterocycles. The molecule has 1 amide bonds. The van der Waals surface area contributed by atoms with Crippen LogP contribution in [0.2, 0.25) is 0 Å². The minimum Gasteiger partial charge on any atom is -0.491 e. The predicted molar refractivity (Wildman–Crippen MR) is 93.5 cm³/mol. The number of hydrogen-bond donors (Lipinski definition) is 1. The Morgan fingerprint density at radius 2 is 2.17 bits per heavy atom. The zero-order valence-electron chi connectivity index (χ0n) is 14.6. The number of nitrogens with one attached hydrogen (secondary N) is 1. The number of carbonyl (C=O) groups excluding carboxylic acids is 1. The molecule has 2 unspecified atom stereocenters. The number of aromatic nitrogens is 1. The van der Waals surface area contributed by atoms with Crippen molar-refractivity contribution in [3.63, 3.8) is 0 Å². The largest absolute Gasteiger partial charge is 0.491 e. The first-order valence-corrected chi connectivity index (χ1v) is 8.42. The highest BCUT2D eigenvalue weighted by molar-refractivity contribution is 5.89. The molecule has 3 rings (SSSR count). The second-order valence-electron chi connectivity index (χ2n) is 6.79. The smallest absolute Gasteiger partial charge is 0.221 e. The summed E-state index contributed by atoms with van der Waals surface area (Å²) in [4.78, 5) is 15.8. The molecule has 1 aliphatic heterocycles. The Morgan fingerprint density at radius 3 is 2.83 bits per heavy atom. The fourth-order valence-corrected chi connectivity index (χ4v) is 3.00. The lowest BCUT2D eigenvalue weighted by Crippen LogP contribution is -2.34. The fourth-order valence-electron chi connectivity index (χ4n) is 3.00. The van der Waals surface area contributed by atoms with Crippen molar-refractivity contribution in [1.82, 2.24) is 10.3 Å². The number of pyridine rings is 1. The molecular weight excluding hydrogens is 304 g/mol. The molecule has 0 bridgehead atoms. The third-order valence-electron chi connectivity index (χ3n) is 4.33. The van der Waals surface area contributed by atoms with Crippen LogP contribution in [0, 0.1) is 12.8 Å². The predicted octanol–water partition coefficient (Wildman–Crippen LogP) is 3.23. The van der Waals surface area contributed by atoms with E-state index >= 15 is 0 Å². The van der Waals surface area contributed by atoms with Crippen molar-refractivity contribution in [2.45, 2.75) is 46.3 Å². The Balaban J connectivity index is 1.86. The molecule has 0 saturated carbocycles. The van der Waals surface area contributed by atoms with Gasteiger partial charge in [-0.3, -0.25) is 4.79 Å². The van der Waals surface area contributed by atoms with Crippen LogP contribution in [0.15, 0.2) is 24.4 Å². The molecule has 24 heavy (non-hydrogen) atoms. The van der Waals surface area contributed by atoms with Crippen LogP contribution in [0.3, 0.4) is 0 Å². The molecular formula is C19H24N2O3. The summed E-state index contributed by atoms with van der Waals surface area (Å²) in [7, 11) is 0. The van der Waals surface area contributed by atoms with E-state index in [-0.39, 0.29) is 24.0 Å². The van der Waals surface area contributed by atoms with Gasteiger partial charge in [-0.05, 0) is 55.8 Å². The maximum absolute atomic E-state index is 11.5. The zero-order valence-corrected chi connectivity index (χ0v) is 14.6. The maximum atomic E-state index is 11.5. The number of ether oxygens (including phenoxy) is 2. The molecule has 128 valence electrons. The number of nitrogens with zero attached hydrogens (tertiary/aromatic N) is 1. The summed E-state index contributed by atoms with van der Waals surface area (Å²) in [5.41, 5.74) is 1.09. The Morgan fingerprint density at radius 1 is 1.38 bits per heavy atom. The van der Waals surface area contributed by atoms with E-state index in [4.69, 9.17) is 9.47 Å². The van der Waals surface area contributed by atoms with Gasteiger partial charge in [0, 0.05) is 18.0 Å². The molecule has 1 fully saturated rings. The van der Waals surface area contributed by atoms with Crippen molar-refractivity contribution in [3.05, 3.63) is 30.0 Å². The first kappa shape index (κ1) is 16.6. The van der Waals surface area contributed by atoms with Crippen molar-refractivity contribution in [2.75, 3.05) is 6.61 Å². The first-order chi connectivity index (χ1) is 11.4. The Hall–Kier alpha value is -2.30. The van der Waals surface area contributed by atoms with Crippen LogP contribution >= 0.6 is 0 Å². The van der Waals surface area contributed by atoms with Crippen LogP contribution in [-0.4, -0.2) is 29.6 Å². The van der Waals surface area contributed by atoms with E-state index in [0.29, 0.717) is 18.9 Å². The normalized spacial score (nSPS) is 20.5. The molecule has 0 spiro atoms. The standard InChI is InChI=1S/C19H24N2O3/c1-11(2)24-17-9-15-14(7-13(17)4)5-6-20-19(15)23-10-16-12(3)8-18(22)21-16/h5-7,9,11-12,16H,8,10H2,1-4H3,(H,21,22). The highest BCUT2D eigenvalue weighted by Gasteiger charge is 2.29. The average Bonchev–Trinajstić information content (AvgIpc) is 2.83. The van der Waals surface area contributed by atoms with Gasteiger partial charge in [-0.25, -0.2) is 4.98 Å². The lowest BCUT2D eigenvalue weighted by molar-refractivity contribution is -0.119. The highest BCUT2D eigenvalue weighted by Crippen LogP contribution is 2.31. The lowest BCUT2D eigenvalue weighted by atomic mass is 10.0. The van der Waals surface area contributed by atoms with Crippen molar-refractivity contribution < 1.29 is 14.3 Å². The third kappa shape index (κ3) is 3.45. The minimum absolute atomic E-state index is 0.0337. The third-order valence-corrected chi connectivity index (χ3v) is 4.33. The van der Waals surface area contributed by atoms with Crippen LogP contribution in [-0.2, 0) is 4.79 Å². The zero-order chi connectivity index (χ0) is 17.3. The van der Waals surface area contributed by atoms with E-state index in [0.717, 1.165) is 22.1 Å². The maximum Gasteiger partial charge on any atom is 0.221 e. The van der Waals surface area contributed by atoms with E-state index < -0.39 is 0 Å². The topological polar surface area (TPSA) is 60.5 Å². The van der Waals surface area contributed by atoms with Gasteiger partial charge in [-0.2, -0.15) is 0 Å². The lowest BCUT2D eigenvalue weighted by Gasteiger charge is -2.17. The van der Waals surface area contributed by atoms with Crippen LogP contribution in [0.4, 0.5) is 0 Å². The molecule has 2 heterocycles. The van der Waals surface area contributed by atoms with Crippen LogP contribution in [0.1, 0.15) is 32.8 Å². The van der Waals surface area contributed by atoms with Crippen LogP contribution in [0.5, 0.6) is 11.6 Å². The summed E-state index contributed by atoms with van der Waals surface area (Å²) in [5, 5.41) is 4.95. The number of hydrogen-bond acceptors (Lipinski definition) is 4. The van der Waals surface area contributed by atoms with Gasteiger partial charge < -0.3 is 14.8 Å². The molecule has 0 aliphatic carbocycles. The van der Waals surface area contributed by atoms with Gasteiger partial charge in [0.1, 0.15) is 12.4 Å². The van der Waals surface area contributed by atoms with Crippen molar-refractivity contribution in [1.29, 1.82) is 0 Å². The molecule has 5 heteroatoms. The highest BCUT2D eigenvalue weighted by atomic mass is 16.5. The summed E-state index contributed by atoms with van der Waals surface area (Å²) in [6.45, 7) is 8.53. The second-order valence-corrected chi connectivity index (χ2v) is 6.79. The van der Waals surface area contributed by atoms with Crippen molar-refractivity contribution in [2.24, 2.45) is 5.92 Å². The molecule has 2 aromatic rings. The van der Waals surface area contributed by atoms with E-state index in [2.05, 4.69) is 23.3 Å². The Labute approximate surface area is 142 Å². The second kappa shape index (κ2) is 6.67. The van der Waals surface area contributed by atoms with Crippen molar-refractivity contribution >= 4 is 16.7 Å². The average molecular weight is 328 g/mol. The Kier molecular flexibility index (Phi) is 4.60. The number of rotatable bonds is 5. The molecule has 1 saturated heterocycles. The van der Waals surface area contributed by atoms with Gasteiger partial charge >= 0.3 is 0 Å². The number of aryl methyl sites for hydroxylation is 1. The summed E-state index contributed by atoms with van der Waals surface area (Å²) in [5.74, 6) is 1.78. The molecule has 1 N–H and O–H groups in total. The number of amides is 1. The SMILES string of the molecule is Cc1cc2ccnc(OCC3NC(=O)CC3C)c2cc1OC(C)C. The summed E-state index contributed by atoms with van der Waals surface area (Å²) >= 11 is 0. The molecule has 0 radical (unpaired) electrons. The monoisotopic (exact) mass is 328 g/mol. The molecule has 2 atom stereocenters. The van der Waals surface area contributed by atoms with E-state index in [1.54, 1.807) is 6.20 Å². The fraction of sp³-hybridized carbons (Fsp3) is 0.474. The van der Waals surface area contributed by atoms with E-state index in [9.17, 15) is 4.79 Å². The molecule has 5 nitrogen and oxygen atoms in total. The van der Waals surface area contributed by atoms with Gasteiger partial charge in [0.25, 0.3) is 0 Å². The van der Waals surface area contributed by atoms with Gasteiger partial charge in [0.2, 0.25) is 11.8 Å². The van der Waals surface area contributed by atoms with Gasteiger partial charge in [0.05, 0.1) is 12.1 Å². The van der Waals surface area contributed by atoms with Gasteiger partial charge in [0.15, 0.2) is 0 Å². The molecule has 1 aromatic carbocycles. The number of fused-ring (bicyclic) bond motifs is 1. The van der Waals surface area contributed by atoms with E-state index in [1.807, 2.05) is 32.9 Å². The first-order valence-electron chi connectivity index (χ1n) is 8.42. The van der Waals surface area contributed by atoms with Gasteiger partial charge in [-0.15, -0.1) is 0 Å². The number of benzene rings is 1. The number of carbonyl (C=O) groups is 1. The quantitative estimate of drug-likeness (QED) is 0.915. The van der Waals surface area contributed by atoms with E-state index in [1.165, 1.54) is 0 Å². The van der Waals surface area contributed by atoms with Crippen LogP contribution in [0.25, 0.3) is 10.8 Å². The van der Waals surface area contributed by atoms with Crippen molar-refractivity contribution in [3.8, 4) is 11.6 Å². The summed E-state index contributed by atoms with van der Waals surface area (Å²) in [6, 6.07) is 6.07. The Bertz CT molecular complexity index is 758. The van der Waals surface area contributed by atoms with Crippen LogP contribution < -0.4 is 14.8 Å².